The number of fused-ring (bicyclic) bond motifs is 5. The molecule has 0 aliphatic heterocycles. The molecule has 0 atom stereocenters. The lowest BCUT2D eigenvalue weighted by Crippen LogP contribution is -1.95. The number of nitrogens with zero attached hydrogens (tertiary/aromatic N) is 3. The van der Waals surface area contributed by atoms with Gasteiger partial charge in [0, 0.05) is 16.5 Å². The van der Waals surface area contributed by atoms with E-state index >= 15 is 0 Å². The number of hydrogen-bond acceptors (Lipinski definition) is 1. The Morgan fingerprint density at radius 1 is 0.469 bits per heavy atom. The number of rotatable bonds is 4. The lowest BCUT2D eigenvalue weighted by molar-refractivity contribution is 1.18. The maximum absolute atomic E-state index is 9.64. The Balaban J connectivity index is 1.33. The van der Waals surface area contributed by atoms with Crippen LogP contribution in [-0.4, -0.2) is 4.57 Å². The first kappa shape index (κ1) is 28.3. The van der Waals surface area contributed by atoms with Crippen LogP contribution in [-0.2, 0) is 0 Å². The molecule has 8 aromatic carbocycles. The molecular formula is C46H27N3. The molecule has 0 N–H and O–H groups in total. The summed E-state index contributed by atoms with van der Waals surface area (Å²) >= 11 is 0. The van der Waals surface area contributed by atoms with E-state index in [0.717, 1.165) is 60.5 Å². The van der Waals surface area contributed by atoms with Crippen LogP contribution in [0.5, 0.6) is 0 Å². The van der Waals surface area contributed by atoms with Gasteiger partial charge in [-0.2, -0.15) is 5.26 Å². The molecule has 0 fully saturated rings. The van der Waals surface area contributed by atoms with Gasteiger partial charge in [0.25, 0.3) is 0 Å². The van der Waals surface area contributed by atoms with E-state index in [-0.39, 0.29) is 0 Å². The van der Waals surface area contributed by atoms with Gasteiger partial charge >= 0.3 is 0 Å². The summed E-state index contributed by atoms with van der Waals surface area (Å²) in [6, 6.07) is 59.2. The van der Waals surface area contributed by atoms with Crippen molar-refractivity contribution in [3.63, 3.8) is 0 Å². The lowest BCUT2D eigenvalue weighted by Gasteiger charge is -2.20. The molecule has 9 aromatic rings. The summed E-state index contributed by atoms with van der Waals surface area (Å²) in [6.07, 6.45) is 0. The van der Waals surface area contributed by atoms with Crippen molar-refractivity contribution >= 4 is 49.0 Å². The van der Waals surface area contributed by atoms with Gasteiger partial charge in [-0.05, 0) is 97.4 Å². The maximum Gasteiger partial charge on any atom is 0.187 e. The van der Waals surface area contributed by atoms with Crippen molar-refractivity contribution in [1.82, 2.24) is 4.57 Å². The van der Waals surface area contributed by atoms with Crippen LogP contribution in [0.1, 0.15) is 5.56 Å². The van der Waals surface area contributed by atoms with Crippen molar-refractivity contribution in [2.45, 2.75) is 0 Å². The van der Waals surface area contributed by atoms with Crippen LogP contribution in [0.15, 0.2) is 164 Å². The van der Waals surface area contributed by atoms with Gasteiger partial charge in [0.15, 0.2) is 5.69 Å². The van der Waals surface area contributed by atoms with Crippen LogP contribution in [0.25, 0.3) is 87.3 Å². The van der Waals surface area contributed by atoms with E-state index in [9.17, 15) is 5.26 Å². The topological polar surface area (TPSA) is 33.1 Å². The van der Waals surface area contributed by atoms with E-state index in [1.165, 1.54) is 21.9 Å². The average molecular weight is 622 g/mol. The molecule has 0 saturated heterocycles. The molecule has 0 bridgehead atoms. The van der Waals surface area contributed by atoms with Crippen LogP contribution >= 0.6 is 0 Å². The number of hydrogen-bond donors (Lipinski definition) is 0. The quantitative estimate of drug-likeness (QED) is 0.142. The van der Waals surface area contributed by atoms with E-state index in [1.807, 2.05) is 30.3 Å². The number of aromatic nitrogens is 1. The normalized spacial score (nSPS) is 11.2. The van der Waals surface area contributed by atoms with Gasteiger partial charge in [-0.15, -0.1) is 0 Å². The fraction of sp³-hybridized carbons (Fsp3) is 0. The molecule has 226 valence electrons. The summed E-state index contributed by atoms with van der Waals surface area (Å²) in [7, 11) is 0. The second-order valence-corrected chi connectivity index (χ2v) is 12.3. The average Bonchev–Trinajstić information content (AvgIpc) is 3.50. The van der Waals surface area contributed by atoms with Crippen molar-refractivity contribution in [2.24, 2.45) is 0 Å². The molecule has 9 rings (SSSR count). The van der Waals surface area contributed by atoms with Crippen LogP contribution < -0.4 is 0 Å². The number of para-hydroxylation sites is 1. The van der Waals surface area contributed by atoms with Crippen molar-refractivity contribution in [2.75, 3.05) is 0 Å². The minimum atomic E-state index is 0.603. The predicted octanol–water partition coefficient (Wildman–Crippen LogP) is 12.5. The minimum absolute atomic E-state index is 0.603. The Bertz CT molecular complexity index is 2790. The van der Waals surface area contributed by atoms with Crippen LogP contribution in [0.4, 0.5) is 5.69 Å². The molecule has 0 aliphatic rings. The highest BCUT2D eigenvalue weighted by atomic mass is 15.0. The first-order chi connectivity index (χ1) is 24.2. The van der Waals surface area contributed by atoms with Crippen molar-refractivity contribution in [1.29, 1.82) is 5.26 Å². The molecule has 49 heavy (non-hydrogen) atoms. The monoisotopic (exact) mass is 621 g/mol. The van der Waals surface area contributed by atoms with Crippen LogP contribution in [0, 0.1) is 17.9 Å². The SMILES string of the molecule is [C-]#[N+]c1ccc(-c2cccc(-n3c4ccccc4c4cc(C#N)ccc43)c2)c(-c2c3ccccc3c(-c3ccccc3)c3ccccc23)c1. The van der Waals surface area contributed by atoms with Crippen molar-refractivity contribution in [3.8, 4) is 45.1 Å². The molecule has 3 heteroatoms. The van der Waals surface area contributed by atoms with Crippen molar-refractivity contribution in [3.05, 3.63) is 181 Å². The van der Waals surface area contributed by atoms with Gasteiger partial charge in [-0.25, -0.2) is 4.85 Å². The maximum atomic E-state index is 9.64. The van der Waals surface area contributed by atoms with Gasteiger partial charge in [0.05, 0.1) is 29.2 Å². The fourth-order valence-corrected chi connectivity index (χ4v) is 7.53. The Hall–Kier alpha value is -6.94. The molecule has 1 aromatic heterocycles. The fourth-order valence-electron chi connectivity index (χ4n) is 7.53. The molecule has 1 heterocycles. The number of nitriles is 1. The molecule has 0 unspecified atom stereocenters. The summed E-state index contributed by atoms with van der Waals surface area (Å²) in [5.74, 6) is 0. The van der Waals surface area contributed by atoms with Gasteiger partial charge in [-0.3, -0.25) is 0 Å². The summed E-state index contributed by atoms with van der Waals surface area (Å²) in [6.45, 7) is 7.96. The van der Waals surface area contributed by atoms with Gasteiger partial charge in [-0.1, -0.05) is 121 Å². The number of benzene rings is 8. The zero-order valence-corrected chi connectivity index (χ0v) is 26.4. The second kappa shape index (κ2) is 11.4. The molecule has 0 radical (unpaired) electrons. The standard InChI is InChI=1S/C46H27N3/c1-48-33-23-24-35(32-14-11-15-34(27-32)49-43-21-10-9-16-36(43)41-26-30(29-47)22-25-44(41)49)42(28-33)46-39-19-7-5-17-37(39)45(31-12-3-2-4-13-31)38-18-6-8-20-40(38)46/h2-28H. The molecule has 0 amide bonds. The van der Waals surface area contributed by atoms with E-state index in [1.54, 1.807) is 0 Å². The summed E-state index contributed by atoms with van der Waals surface area (Å²) in [5.41, 5.74) is 11.1. The minimum Gasteiger partial charge on any atom is -0.309 e. The zero-order valence-electron chi connectivity index (χ0n) is 26.4. The lowest BCUT2D eigenvalue weighted by atomic mass is 9.83. The first-order valence-corrected chi connectivity index (χ1v) is 16.3. The molecular weight excluding hydrogens is 595 g/mol. The Labute approximate surface area is 284 Å². The summed E-state index contributed by atoms with van der Waals surface area (Å²) in [4.78, 5) is 3.88. The van der Waals surface area contributed by atoms with E-state index < -0.39 is 0 Å². The van der Waals surface area contributed by atoms with Gasteiger partial charge in [0.2, 0.25) is 0 Å². The highest BCUT2D eigenvalue weighted by Gasteiger charge is 2.20. The van der Waals surface area contributed by atoms with Gasteiger partial charge < -0.3 is 4.57 Å². The molecule has 0 saturated carbocycles. The Morgan fingerprint density at radius 2 is 1.08 bits per heavy atom. The smallest absolute Gasteiger partial charge is 0.187 e. The van der Waals surface area contributed by atoms with Crippen molar-refractivity contribution < 1.29 is 0 Å². The van der Waals surface area contributed by atoms with Gasteiger partial charge in [0.1, 0.15) is 0 Å². The molecule has 3 nitrogen and oxygen atoms in total. The van der Waals surface area contributed by atoms with E-state index in [4.69, 9.17) is 6.57 Å². The molecule has 0 spiro atoms. The Kier molecular flexibility index (Phi) is 6.58. The highest BCUT2D eigenvalue weighted by Crippen LogP contribution is 2.47. The second-order valence-electron chi connectivity index (χ2n) is 12.3. The third-order valence-corrected chi connectivity index (χ3v) is 9.61. The van der Waals surface area contributed by atoms with Crippen LogP contribution in [0.2, 0.25) is 0 Å². The molecule has 0 aliphatic carbocycles. The van der Waals surface area contributed by atoms with Crippen LogP contribution in [0.3, 0.4) is 0 Å². The van der Waals surface area contributed by atoms with E-state index in [0.29, 0.717) is 11.3 Å². The Morgan fingerprint density at radius 3 is 1.78 bits per heavy atom. The third kappa shape index (κ3) is 4.49. The first-order valence-electron chi connectivity index (χ1n) is 16.3. The summed E-state index contributed by atoms with van der Waals surface area (Å²) < 4.78 is 2.28. The highest BCUT2D eigenvalue weighted by molar-refractivity contribution is 6.22. The largest absolute Gasteiger partial charge is 0.309 e. The predicted molar refractivity (Wildman–Crippen MR) is 203 cm³/mol. The third-order valence-electron chi connectivity index (χ3n) is 9.61. The van der Waals surface area contributed by atoms with E-state index in [2.05, 4.69) is 149 Å². The zero-order chi connectivity index (χ0) is 32.9. The summed E-state index contributed by atoms with van der Waals surface area (Å²) in [5, 5.41) is 16.5.